The van der Waals surface area contributed by atoms with Crippen LogP contribution in [0.1, 0.15) is 48.2 Å². The van der Waals surface area contributed by atoms with E-state index in [1.54, 1.807) is 32.0 Å². The van der Waals surface area contributed by atoms with Crippen LogP contribution in [0.4, 0.5) is 5.69 Å². The first-order chi connectivity index (χ1) is 13.5. The number of benzene rings is 2. The molecule has 0 atom stereocenters. The molecule has 0 fully saturated rings. The molecule has 0 heterocycles. The summed E-state index contributed by atoms with van der Waals surface area (Å²) in [6.45, 7) is 7.52. The lowest BCUT2D eigenvalue weighted by atomic mass is 10.0. The summed E-state index contributed by atoms with van der Waals surface area (Å²) in [7, 11) is -2.04. The van der Waals surface area contributed by atoms with Crippen LogP contribution in [0.2, 0.25) is 0 Å². The van der Waals surface area contributed by atoms with Crippen molar-refractivity contribution in [2.75, 3.05) is 12.4 Å². The highest BCUT2D eigenvalue weighted by atomic mass is 32.2. The van der Waals surface area contributed by atoms with Crippen molar-refractivity contribution in [2.24, 2.45) is 0 Å². The Hall–Kier alpha value is -2.51. The summed E-state index contributed by atoms with van der Waals surface area (Å²) in [5.41, 5.74) is 3.24. The van der Waals surface area contributed by atoms with Crippen LogP contribution in [-0.4, -0.2) is 37.5 Å². The number of ketones is 1. The van der Waals surface area contributed by atoms with Gasteiger partial charge in [-0.05, 0) is 69.2 Å². The number of amides is 1. The van der Waals surface area contributed by atoms with Crippen LogP contribution in [0.3, 0.4) is 0 Å². The Morgan fingerprint density at radius 2 is 1.59 bits per heavy atom. The lowest BCUT2D eigenvalue weighted by Crippen LogP contribution is -2.33. The molecule has 1 amide bonds. The van der Waals surface area contributed by atoms with Gasteiger partial charge in [0.25, 0.3) is 0 Å². The zero-order valence-electron chi connectivity index (χ0n) is 17.5. The molecule has 2 aromatic rings. The Bertz CT molecular complexity index is 996. The van der Waals surface area contributed by atoms with Crippen molar-refractivity contribution in [3.05, 3.63) is 59.2 Å². The molecule has 156 valence electrons. The average Bonchev–Trinajstić information content (AvgIpc) is 2.67. The fourth-order valence-electron chi connectivity index (χ4n) is 2.66. The molecule has 0 spiro atoms. The van der Waals surface area contributed by atoms with Crippen molar-refractivity contribution in [3.8, 4) is 0 Å². The van der Waals surface area contributed by atoms with Crippen molar-refractivity contribution in [2.45, 2.75) is 51.5 Å². The second-order valence-electron chi connectivity index (χ2n) is 7.41. The number of hydrogen-bond donors (Lipinski definition) is 1. The quantitative estimate of drug-likeness (QED) is 0.661. The molecule has 7 heteroatoms. The highest BCUT2D eigenvalue weighted by molar-refractivity contribution is 7.89. The predicted octanol–water partition coefficient (Wildman–Crippen LogP) is 3.93. The molecule has 0 aliphatic carbocycles. The maximum atomic E-state index is 12.5. The van der Waals surface area contributed by atoms with E-state index < -0.39 is 10.0 Å². The molecule has 1 N–H and O–H groups in total. The number of aryl methyl sites for hydroxylation is 2. The summed E-state index contributed by atoms with van der Waals surface area (Å²) >= 11 is 0. The third-order valence-corrected chi connectivity index (χ3v) is 7.00. The lowest BCUT2D eigenvalue weighted by molar-refractivity contribution is -0.116. The van der Waals surface area contributed by atoms with Gasteiger partial charge >= 0.3 is 0 Å². The number of carbonyl (C=O) groups excluding carboxylic acids is 2. The van der Waals surface area contributed by atoms with Crippen LogP contribution in [0, 0.1) is 13.8 Å². The first-order valence-electron chi connectivity index (χ1n) is 9.50. The number of hydrogen-bond acceptors (Lipinski definition) is 4. The maximum Gasteiger partial charge on any atom is 0.243 e. The van der Waals surface area contributed by atoms with Gasteiger partial charge < -0.3 is 5.32 Å². The molecule has 2 aromatic carbocycles. The van der Waals surface area contributed by atoms with Gasteiger partial charge in [0.15, 0.2) is 5.78 Å². The number of nitrogens with one attached hydrogen (secondary N) is 1. The monoisotopic (exact) mass is 416 g/mol. The van der Waals surface area contributed by atoms with E-state index in [1.807, 2.05) is 26.0 Å². The minimum Gasteiger partial charge on any atom is -0.326 e. The van der Waals surface area contributed by atoms with Crippen molar-refractivity contribution in [1.82, 2.24) is 4.31 Å². The van der Waals surface area contributed by atoms with Crippen molar-refractivity contribution in [3.63, 3.8) is 0 Å². The minimum absolute atomic E-state index is 0.0574. The topological polar surface area (TPSA) is 83.5 Å². The minimum atomic E-state index is -3.57. The molecule has 0 aliphatic heterocycles. The molecule has 0 saturated carbocycles. The highest BCUT2D eigenvalue weighted by Gasteiger charge is 2.22. The fourth-order valence-corrected chi connectivity index (χ4v) is 4.03. The van der Waals surface area contributed by atoms with Crippen LogP contribution in [0.15, 0.2) is 47.4 Å². The van der Waals surface area contributed by atoms with Gasteiger partial charge in [-0.2, -0.15) is 4.31 Å². The van der Waals surface area contributed by atoms with Crippen LogP contribution in [0.5, 0.6) is 0 Å². The molecule has 2 rings (SSSR count). The molecular formula is C22H28N2O4S. The summed E-state index contributed by atoms with van der Waals surface area (Å²) in [4.78, 5) is 24.6. The first-order valence-corrected chi connectivity index (χ1v) is 10.9. The van der Waals surface area contributed by atoms with E-state index >= 15 is 0 Å². The molecule has 0 aromatic heterocycles. The van der Waals surface area contributed by atoms with Gasteiger partial charge in [0, 0.05) is 37.2 Å². The van der Waals surface area contributed by atoms with Crippen molar-refractivity contribution in [1.29, 1.82) is 0 Å². The maximum absolute atomic E-state index is 12.5. The highest BCUT2D eigenvalue weighted by Crippen LogP contribution is 2.19. The molecule has 6 nitrogen and oxygen atoms in total. The van der Waals surface area contributed by atoms with Gasteiger partial charge in [-0.1, -0.05) is 12.1 Å². The van der Waals surface area contributed by atoms with Crippen molar-refractivity contribution < 1.29 is 18.0 Å². The van der Waals surface area contributed by atoms with Crippen LogP contribution < -0.4 is 5.32 Å². The van der Waals surface area contributed by atoms with Gasteiger partial charge in [0.1, 0.15) is 0 Å². The Balaban J connectivity index is 1.95. The number of sulfonamides is 1. The lowest BCUT2D eigenvalue weighted by Gasteiger charge is -2.21. The zero-order chi connectivity index (χ0) is 21.8. The van der Waals surface area contributed by atoms with Crippen LogP contribution in [0.25, 0.3) is 0 Å². The number of nitrogens with zero attached hydrogens (tertiary/aromatic N) is 1. The third-order valence-electron chi connectivity index (χ3n) is 4.95. The van der Waals surface area contributed by atoms with Gasteiger partial charge in [0.05, 0.1) is 4.90 Å². The number of carbonyl (C=O) groups is 2. The summed E-state index contributed by atoms with van der Waals surface area (Å²) in [5.74, 6) is -0.376. The molecule has 0 saturated heterocycles. The van der Waals surface area contributed by atoms with Gasteiger partial charge in [0.2, 0.25) is 15.9 Å². The van der Waals surface area contributed by atoms with Gasteiger partial charge in [-0.3, -0.25) is 9.59 Å². The fraction of sp³-hybridized carbons (Fsp3) is 0.364. The predicted molar refractivity (Wildman–Crippen MR) is 115 cm³/mol. The first kappa shape index (κ1) is 22.8. The smallest absolute Gasteiger partial charge is 0.243 e. The van der Waals surface area contributed by atoms with Gasteiger partial charge in [-0.25, -0.2) is 8.42 Å². The average molecular weight is 417 g/mol. The SMILES string of the molecule is Cc1ccc(C(=O)CCC(=O)Nc2ccc(S(=O)(=O)N(C)C(C)C)cc2)cc1C. The Kier molecular flexibility index (Phi) is 7.32. The summed E-state index contributed by atoms with van der Waals surface area (Å²) in [6.07, 6.45) is 0.169. The summed E-state index contributed by atoms with van der Waals surface area (Å²) < 4.78 is 26.2. The van der Waals surface area contributed by atoms with E-state index in [4.69, 9.17) is 0 Å². The van der Waals surface area contributed by atoms with E-state index in [1.165, 1.54) is 23.5 Å². The Morgan fingerprint density at radius 3 is 2.14 bits per heavy atom. The Labute approximate surface area is 173 Å². The third kappa shape index (κ3) is 5.74. The zero-order valence-corrected chi connectivity index (χ0v) is 18.3. The molecular weight excluding hydrogens is 388 g/mol. The van der Waals surface area contributed by atoms with Crippen molar-refractivity contribution >= 4 is 27.4 Å². The number of anilines is 1. The second-order valence-corrected chi connectivity index (χ2v) is 9.41. The van der Waals surface area contributed by atoms with Crippen LogP contribution in [-0.2, 0) is 14.8 Å². The molecule has 0 unspecified atom stereocenters. The summed E-state index contributed by atoms with van der Waals surface area (Å²) in [6, 6.07) is 11.4. The van der Waals surface area contributed by atoms with E-state index in [9.17, 15) is 18.0 Å². The normalized spacial score (nSPS) is 11.7. The molecule has 29 heavy (non-hydrogen) atoms. The molecule has 0 radical (unpaired) electrons. The van der Waals surface area contributed by atoms with E-state index in [0.29, 0.717) is 11.3 Å². The van der Waals surface area contributed by atoms with E-state index in [0.717, 1.165) is 11.1 Å². The van der Waals surface area contributed by atoms with E-state index in [2.05, 4.69) is 5.32 Å². The number of rotatable bonds is 8. The molecule has 0 bridgehead atoms. The van der Waals surface area contributed by atoms with Gasteiger partial charge in [-0.15, -0.1) is 0 Å². The van der Waals surface area contributed by atoms with E-state index in [-0.39, 0.29) is 35.5 Å². The molecule has 0 aliphatic rings. The second kappa shape index (κ2) is 9.33. The number of Topliss-reactive ketones (excluding diaryl/α,β-unsaturated/α-hetero) is 1. The largest absolute Gasteiger partial charge is 0.326 e. The summed E-state index contributed by atoms with van der Waals surface area (Å²) in [5, 5.41) is 2.70. The Morgan fingerprint density at radius 1 is 0.966 bits per heavy atom. The van der Waals surface area contributed by atoms with Crippen LogP contribution >= 0.6 is 0 Å². The standard InChI is InChI=1S/C22H28N2O4S/c1-15(2)24(5)29(27,28)20-10-8-19(9-11-20)23-22(26)13-12-21(25)18-7-6-16(3)17(4)14-18/h6-11,14-15H,12-13H2,1-5H3,(H,23,26).